The highest BCUT2D eigenvalue weighted by atomic mass is 16.4. The van der Waals surface area contributed by atoms with Crippen LogP contribution in [-0.4, -0.2) is 284 Å². The number of aromatic nitrogens is 1. The second-order valence-electron chi connectivity index (χ2n) is 40.8. The Morgan fingerprint density at radius 1 is 0.530 bits per heavy atom. The number of primary amides is 2. The van der Waals surface area contributed by atoms with E-state index in [0.717, 1.165) is 0 Å². The lowest BCUT2D eigenvalue weighted by atomic mass is 9.84. The Kier molecular flexibility index (Phi) is 54.3. The second kappa shape index (κ2) is 63.6. The summed E-state index contributed by atoms with van der Waals surface area (Å²) in [6.07, 6.45) is 3.09. The van der Waals surface area contributed by atoms with Crippen LogP contribution in [0.5, 0.6) is 5.75 Å². The van der Waals surface area contributed by atoms with Gasteiger partial charge in [0, 0.05) is 82.2 Å². The summed E-state index contributed by atoms with van der Waals surface area (Å²) in [5.74, 6) is -15.4. The maximum Gasteiger partial charge on any atom is 0.303 e. The number of phenols is 1. The minimum absolute atomic E-state index is 0.0342. The number of carboxylic acid groups (broad SMARTS) is 1. The topological polar surface area (TPSA) is 674 Å². The predicted molar refractivity (Wildman–Crippen MR) is 559 cm³/mol. The van der Waals surface area contributed by atoms with Crippen LogP contribution in [0.25, 0.3) is 10.9 Å². The van der Waals surface area contributed by atoms with E-state index >= 15 is 24.0 Å². The van der Waals surface area contributed by atoms with E-state index in [9.17, 15) is 87.2 Å². The molecule has 0 saturated heterocycles. The van der Waals surface area contributed by atoms with E-state index in [1.807, 2.05) is 26.0 Å². The van der Waals surface area contributed by atoms with Crippen LogP contribution >= 0.6 is 0 Å². The molecule has 43 heteroatoms. The van der Waals surface area contributed by atoms with Gasteiger partial charge in [0.15, 0.2) is 46.3 Å². The van der Waals surface area contributed by atoms with Crippen LogP contribution in [0.3, 0.4) is 0 Å². The van der Waals surface area contributed by atoms with Gasteiger partial charge in [0.2, 0.25) is 64.7 Å². The highest BCUT2D eigenvalue weighted by Gasteiger charge is 2.46. The van der Waals surface area contributed by atoms with Gasteiger partial charge in [-0.05, 0) is 200 Å². The number of ketones is 10. The van der Waals surface area contributed by atoms with Gasteiger partial charge in [0.05, 0.1) is 91.6 Å². The van der Waals surface area contributed by atoms with Crippen LogP contribution < -0.4 is 102 Å². The average Bonchev–Trinajstić information content (AvgIpc) is 1.44. The summed E-state index contributed by atoms with van der Waals surface area (Å²) >= 11 is 0. The number of H-pyrrole nitrogens is 1. The third kappa shape index (κ3) is 45.2. The first-order chi connectivity index (χ1) is 70.1. The number of allylic oxidation sites excluding steroid dienone is 2. The maximum absolute atomic E-state index is 15.7. The molecule has 1 aliphatic rings. The number of fused-ring (bicyclic) bond motifs is 1. The lowest BCUT2D eigenvalue weighted by Gasteiger charge is -2.33. The first kappa shape index (κ1) is 127. The van der Waals surface area contributed by atoms with Gasteiger partial charge >= 0.3 is 5.97 Å². The van der Waals surface area contributed by atoms with E-state index in [1.54, 1.807) is 123 Å². The van der Waals surface area contributed by atoms with Crippen molar-refractivity contribution in [2.75, 3.05) is 39.3 Å². The summed E-state index contributed by atoms with van der Waals surface area (Å²) in [5.41, 5.74) is 19.7. The van der Waals surface area contributed by atoms with Crippen molar-refractivity contribution in [3.8, 4) is 5.75 Å². The fourth-order valence-electron chi connectivity index (χ4n) is 16.6. The number of phenolic OH excluding ortho intramolecular Hbond substituents is 1. The van der Waals surface area contributed by atoms with Crippen LogP contribution in [0.15, 0.2) is 97.2 Å². The molecule has 0 aliphatic carbocycles. The van der Waals surface area contributed by atoms with E-state index in [2.05, 4.69) is 95.8 Å². The Labute approximate surface area is 872 Å². The van der Waals surface area contributed by atoms with Crippen LogP contribution in [0.1, 0.15) is 249 Å². The monoisotopic (exact) mass is 2080 g/mol. The van der Waals surface area contributed by atoms with Crippen molar-refractivity contribution in [2.45, 2.75) is 359 Å². The van der Waals surface area contributed by atoms with Crippen LogP contribution in [0.2, 0.25) is 0 Å². The van der Waals surface area contributed by atoms with Gasteiger partial charge < -0.3 is 95.6 Å². The fourth-order valence-corrected chi connectivity index (χ4v) is 16.6. The average molecular weight is 2080 g/mol. The van der Waals surface area contributed by atoms with Gasteiger partial charge in [0.1, 0.15) is 47.5 Å². The highest BCUT2D eigenvalue weighted by molar-refractivity contribution is 6.43. The maximum atomic E-state index is 15.7. The summed E-state index contributed by atoms with van der Waals surface area (Å²) in [6.45, 7) is 24.2. The molecule has 1 aliphatic heterocycles. The van der Waals surface area contributed by atoms with Crippen molar-refractivity contribution in [3.05, 3.63) is 114 Å². The zero-order valence-corrected chi connectivity index (χ0v) is 89.0. The van der Waals surface area contributed by atoms with Crippen molar-refractivity contribution >= 4 is 128 Å². The van der Waals surface area contributed by atoms with Crippen molar-refractivity contribution < 1.29 is 111 Å². The number of hydrogen-bond donors (Lipinski definition) is 23. The number of aliphatic hydroxyl groups excluding tert-OH is 1. The Hall–Kier alpha value is -12.3. The van der Waals surface area contributed by atoms with E-state index in [1.165, 1.54) is 58.9 Å². The third-order valence-electron chi connectivity index (χ3n) is 26.4. The molecule has 3 aromatic carbocycles. The van der Waals surface area contributed by atoms with Gasteiger partial charge in [-0.2, -0.15) is 0 Å². The summed E-state index contributed by atoms with van der Waals surface area (Å²) in [6, 6.07) is 4.17. The quantitative estimate of drug-likeness (QED) is 0.0169. The molecular formula is C106H162N20O23. The smallest absolute Gasteiger partial charge is 0.303 e. The van der Waals surface area contributed by atoms with Gasteiger partial charge in [0.25, 0.3) is 0 Å². The molecule has 0 bridgehead atoms. The number of benzene rings is 3. The minimum atomic E-state index is -2.24. The zero-order chi connectivity index (χ0) is 111. The standard InChI is InChI=1S/C106H162N20O23/c1-61(2)51-80(117-70(12)128)98(144)120-94(69(11)127)102(148)119-81(53-71-31-25-24-26-32-71)100(146)122-106(16)47-30-23-21-19-17-18-20-22-29-46-105(15,91(137)60-113-65(7)86(132)45-49-110-63(5)84(130)43-48-109-64(6)85(131)44-50-111-67(9)89(135)59-115-104(13,14)103(149)116-68(10)97(108)143)121-101(147)82(52-62(3)4)125-123-77(39-41-92(107)138)90(136)58-112-66(8)87(133)56-88(134)79(55-73-57-114-76-34-28-27-33-75(73)76)124-126-83(54-72-35-37-74(129)38-36-72)99(145)118-78(40-42-93(139)140)95(141)96(106)142/h18,20,24-28,31-38,57,61-69,77-83,94,109-115,123-127,129H,17,19,21-23,29-30,39-56,58-60H2,1-16H3,(H2,107,138)(H2,108,143)(H,116,149)(H,117,128)(H,118,145)(H,119,148)(H,120,144)(H,121,147)(H,122,146)(H,139,140)/b20-18+/t63-,64-,65-,66-,67-,68+,69+,77-,78-,79-,80-,81-,82-,83-,94-,105-,106+/m0/s1. The van der Waals surface area contributed by atoms with Gasteiger partial charge in [-0.15, -0.1) is 0 Å². The Balaban J connectivity index is 1.46. The van der Waals surface area contributed by atoms with Crippen molar-refractivity contribution in [2.24, 2.45) is 23.3 Å². The number of hydrazine groups is 2. The Bertz CT molecular complexity index is 5220. The van der Waals surface area contributed by atoms with Crippen molar-refractivity contribution in [1.29, 1.82) is 0 Å². The predicted octanol–water partition coefficient (Wildman–Crippen LogP) is 1.46. The molecule has 9 amide bonds. The molecule has 5 rings (SSSR count). The SMILES string of the molecule is CC(=O)N[C@@H](CC(C)C)C(=O)N[C@H](C(=O)N[C@@H](Cc1ccccc1)C(=O)N[C@]1(C)CCCCCC/C=C/CCC[C@@](C)(C(=O)CN[C@@H](C)C(=O)CCN[C@@H](C)C(=O)CCN[C@@H](C)C(=O)CCN[C@@H](C)C(=O)CNC(C)(C)C(=O)N[C@H](C)C(N)=O)NC(=O)[C@H](CC(C)C)NN[C@@H](CCC(N)=O)C(=O)CN[C@@H](C)C(=O)CC(=O)[C@H](Cc2c[nH]c3ccccc23)NN[C@@H](Cc2ccc(O)cc2)C(=O)N[C@@H](CCC(=O)O)C(=O)C1=O)[C@@H](C)O. The Morgan fingerprint density at radius 3 is 1.68 bits per heavy atom. The summed E-state index contributed by atoms with van der Waals surface area (Å²) in [5, 5.41) is 68.9. The number of aliphatic carboxylic acids is 1. The lowest BCUT2D eigenvalue weighted by molar-refractivity contribution is -0.145. The number of carboxylic acids is 1. The largest absolute Gasteiger partial charge is 0.508 e. The van der Waals surface area contributed by atoms with E-state index in [0.29, 0.717) is 66.1 Å². The number of hydrogen-bond acceptors (Lipinski definition) is 32. The molecule has 0 saturated carbocycles. The molecule has 0 unspecified atom stereocenters. The molecule has 25 N–H and O–H groups in total. The molecular weight excluding hydrogens is 1920 g/mol. The summed E-state index contributed by atoms with van der Waals surface area (Å²) in [4.78, 5) is 282. The van der Waals surface area contributed by atoms with E-state index < -0.39 is 233 Å². The first-order valence-electron chi connectivity index (χ1n) is 51.5. The summed E-state index contributed by atoms with van der Waals surface area (Å²) in [7, 11) is 0. The number of carbonyl (C=O) groups excluding carboxylic acids is 19. The van der Waals surface area contributed by atoms with Crippen molar-refractivity contribution in [3.63, 3.8) is 0 Å². The zero-order valence-electron chi connectivity index (χ0n) is 89.0. The number of carbonyl (C=O) groups is 20. The molecule has 0 radical (unpaired) electrons. The molecule has 2 heterocycles. The molecule has 17 atom stereocenters. The number of nitrogens with one attached hydrogen (secondary N) is 18. The minimum Gasteiger partial charge on any atom is -0.508 e. The Morgan fingerprint density at radius 2 is 1.09 bits per heavy atom. The normalized spacial score (nSPS) is 21.6. The number of Topliss-reactive ketones (excluding diaryl/α,β-unsaturated/α-hetero) is 10. The highest BCUT2D eigenvalue weighted by Crippen LogP contribution is 2.26. The third-order valence-corrected chi connectivity index (χ3v) is 26.4. The lowest BCUT2D eigenvalue weighted by Crippen LogP contribution is -2.64. The molecule has 0 fully saturated rings. The first-order valence-corrected chi connectivity index (χ1v) is 51.5. The van der Waals surface area contributed by atoms with Crippen LogP contribution in [0.4, 0.5) is 0 Å². The number of aromatic amines is 1. The molecule has 4 aromatic rings. The molecule has 0 spiro atoms. The summed E-state index contributed by atoms with van der Waals surface area (Å²) < 4.78 is 0. The van der Waals surface area contributed by atoms with Gasteiger partial charge in [-0.1, -0.05) is 120 Å². The van der Waals surface area contributed by atoms with E-state index in [4.69, 9.17) is 11.5 Å². The number of rotatable bonds is 50. The molecule has 824 valence electrons. The molecule has 43 nitrogen and oxygen atoms in total. The fraction of sp³-hybridized carbons (Fsp3) is 0.604. The van der Waals surface area contributed by atoms with Gasteiger partial charge in [-0.3, -0.25) is 101 Å². The van der Waals surface area contributed by atoms with E-state index in [-0.39, 0.29) is 150 Å². The number of amides is 9. The van der Waals surface area contributed by atoms with Crippen molar-refractivity contribution in [1.82, 2.24) is 95.8 Å². The van der Waals surface area contributed by atoms with Gasteiger partial charge in [-0.25, -0.2) is 21.7 Å². The number of aliphatic hydroxyl groups is 1. The number of para-hydroxylation sites is 1. The van der Waals surface area contributed by atoms with Crippen LogP contribution in [-0.2, 0) is 115 Å². The molecule has 1 aromatic heterocycles. The molecule has 149 heavy (non-hydrogen) atoms. The second-order valence-corrected chi connectivity index (χ2v) is 40.8. The number of nitrogens with two attached hydrogens (primary N) is 2. The number of aromatic hydroxyl groups is 1. The van der Waals surface area contributed by atoms with Crippen LogP contribution in [0, 0.1) is 11.8 Å².